The van der Waals surface area contributed by atoms with Crippen molar-refractivity contribution in [1.29, 1.82) is 0 Å². The van der Waals surface area contributed by atoms with Crippen molar-refractivity contribution in [3.8, 4) is 0 Å². The largest absolute Gasteiger partial charge is 0.488 e. The smallest absolute Gasteiger partial charge is 0.305 e. The third kappa shape index (κ3) is 11.9. The topological polar surface area (TPSA) is 52.6 Å². The first-order valence-corrected chi connectivity index (χ1v) is 3.81. The predicted molar refractivity (Wildman–Crippen MR) is 42.2 cm³/mol. The van der Waals surface area contributed by atoms with Crippen LogP contribution >= 0.6 is 0 Å². The summed E-state index contributed by atoms with van der Waals surface area (Å²) in [7, 11) is 0. The van der Waals surface area contributed by atoms with E-state index in [0.717, 1.165) is 0 Å². The van der Waals surface area contributed by atoms with E-state index in [1.165, 1.54) is 0 Å². The summed E-state index contributed by atoms with van der Waals surface area (Å²) >= 11 is 0. The Morgan fingerprint density at radius 1 is 1.23 bits per heavy atom. The molecule has 0 saturated carbocycles. The fraction of sp³-hybridized carbons (Fsp3) is 0.625. The average molecular weight is 262 g/mol. The molecule has 0 spiro atoms. The molecule has 0 aliphatic heterocycles. The van der Waals surface area contributed by atoms with Crippen LogP contribution in [0, 0.1) is 6.92 Å². The summed E-state index contributed by atoms with van der Waals surface area (Å²) in [5.74, 6) is -0.798. The molecule has 0 N–H and O–H groups in total. The Morgan fingerprint density at radius 3 is 2.23 bits per heavy atom. The Bertz CT molecular complexity index is 158. The van der Waals surface area contributed by atoms with Gasteiger partial charge in [0.1, 0.15) is 0 Å². The van der Waals surface area contributed by atoms with Gasteiger partial charge in [-0.25, -0.2) is 0 Å². The molecular formula is C8H13O4Y-. The summed E-state index contributed by atoms with van der Waals surface area (Å²) in [6.07, 6.45) is 0.891. The maximum Gasteiger partial charge on any atom is 0.305 e. The van der Waals surface area contributed by atoms with E-state index in [0.29, 0.717) is 19.4 Å². The molecular weight excluding hydrogens is 249 g/mol. The second-order valence-electron chi connectivity index (χ2n) is 2.15. The van der Waals surface area contributed by atoms with Gasteiger partial charge < -0.3 is 9.47 Å². The van der Waals surface area contributed by atoms with Crippen molar-refractivity contribution < 1.29 is 51.8 Å². The second kappa shape index (κ2) is 10.00. The van der Waals surface area contributed by atoms with Crippen molar-refractivity contribution >= 4 is 11.9 Å². The molecule has 0 amide bonds. The third-order valence-corrected chi connectivity index (χ3v) is 1.10. The van der Waals surface area contributed by atoms with E-state index < -0.39 is 5.97 Å². The summed E-state index contributed by atoms with van der Waals surface area (Å²) in [4.78, 5) is 20.7. The second-order valence-corrected chi connectivity index (χ2v) is 2.15. The zero-order valence-electron chi connectivity index (χ0n) is 7.75. The molecule has 0 aromatic carbocycles. The van der Waals surface area contributed by atoms with E-state index in [9.17, 15) is 9.59 Å². The molecule has 0 saturated heterocycles. The van der Waals surface area contributed by atoms with Crippen LogP contribution in [-0.2, 0) is 51.8 Å². The normalized spacial score (nSPS) is 8.38. The van der Waals surface area contributed by atoms with Crippen LogP contribution in [0.15, 0.2) is 0 Å². The van der Waals surface area contributed by atoms with Crippen LogP contribution in [0.4, 0.5) is 0 Å². The van der Waals surface area contributed by atoms with Crippen molar-refractivity contribution in [3.63, 3.8) is 0 Å². The van der Waals surface area contributed by atoms with Gasteiger partial charge in [-0.3, -0.25) is 16.5 Å². The van der Waals surface area contributed by atoms with Gasteiger partial charge in [0.05, 0.1) is 13.2 Å². The molecule has 0 bridgehead atoms. The van der Waals surface area contributed by atoms with Crippen LogP contribution in [0.25, 0.3) is 0 Å². The minimum atomic E-state index is -0.559. The SMILES string of the molecule is [CH2-]C(=O)OCCCOC(=O)CC.[Y]. The van der Waals surface area contributed by atoms with Crippen molar-refractivity contribution in [2.75, 3.05) is 13.2 Å². The van der Waals surface area contributed by atoms with Crippen LogP contribution in [0.3, 0.4) is 0 Å². The van der Waals surface area contributed by atoms with E-state index in [4.69, 9.17) is 4.74 Å². The first-order valence-electron chi connectivity index (χ1n) is 3.81. The van der Waals surface area contributed by atoms with Crippen LogP contribution in [-0.4, -0.2) is 25.2 Å². The van der Waals surface area contributed by atoms with E-state index in [1.54, 1.807) is 6.92 Å². The minimum Gasteiger partial charge on any atom is -0.488 e. The van der Waals surface area contributed by atoms with Gasteiger partial charge in [-0.1, -0.05) is 6.92 Å². The number of ether oxygens (including phenoxy) is 2. The Labute approximate surface area is 103 Å². The maximum atomic E-state index is 10.6. The van der Waals surface area contributed by atoms with Crippen molar-refractivity contribution in [3.05, 3.63) is 6.92 Å². The molecule has 4 nitrogen and oxygen atoms in total. The number of hydrogen-bond acceptors (Lipinski definition) is 4. The molecule has 73 valence electrons. The van der Waals surface area contributed by atoms with Crippen LogP contribution in [0.5, 0.6) is 0 Å². The fourth-order valence-electron chi connectivity index (χ4n) is 0.533. The number of esters is 2. The van der Waals surface area contributed by atoms with Gasteiger partial charge in [0, 0.05) is 45.6 Å². The molecule has 0 unspecified atom stereocenters. The van der Waals surface area contributed by atoms with E-state index >= 15 is 0 Å². The van der Waals surface area contributed by atoms with Gasteiger partial charge in [0.15, 0.2) is 5.97 Å². The predicted octanol–water partition coefficient (Wildman–Crippen LogP) is 0.704. The Balaban J connectivity index is 0. The monoisotopic (exact) mass is 262 g/mol. The quantitative estimate of drug-likeness (QED) is 0.416. The van der Waals surface area contributed by atoms with Gasteiger partial charge in [-0.15, -0.1) is 0 Å². The molecule has 0 atom stereocenters. The molecule has 0 aromatic heterocycles. The molecule has 0 aliphatic carbocycles. The number of carbonyl (C=O) groups is 2. The zero-order valence-corrected chi connectivity index (χ0v) is 10.6. The summed E-state index contributed by atoms with van der Waals surface area (Å²) in [5.41, 5.74) is 0. The molecule has 5 heteroatoms. The number of carbonyl (C=O) groups excluding carboxylic acids is 2. The van der Waals surface area contributed by atoms with Crippen LogP contribution < -0.4 is 0 Å². The molecule has 0 aliphatic rings. The number of hydrogen-bond donors (Lipinski definition) is 0. The number of rotatable bonds is 5. The molecule has 13 heavy (non-hydrogen) atoms. The Hall–Kier alpha value is -0.0861. The molecule has 0 heterocycles. The first-order chi connectivity index (χ1) is 5.66. The van der Waals surface area contributed by atoms with Crippen molar-refractivity contribution in [2.24, 2.45) is 0 Å². The van der Waals surface area contributed by atoms with Crippen LogP contribution in [0.1, 0.15) is 19.8 Å². The van der Waals surface area contributed by atoms with Crippen molar-refractivity contribution in [1.82, 2.24) is 0 Å². The van der Waals surface area contributed by atoms with Gasteiger partial charge in [0.25, 0.3) is 0 Å². The molecule has 0 fully saturated rings. The molecule has 0 aromatic rings. The van der Waals surface area contributed by atoms with Crippen LogP contribution in [0.2, 0.25) is 0 Å². The molecule has 0 rings (SSSR count). The Morgan fingerprint density at radius 2 is 1.77 bits per heavy atom. The summed E-state index contributed by atoms with van der Waals surface area (Å²) in [6.45, 7) is 5.28. The third-order valence-electron chi connectivity index (χ3n) is 1.10. The summed E-state index contributed by atoms with van der Waals surface area (Å²) in [5, 5.41) is 0. The standard InChI is InChI=1S/C8H13O4.Y/c1-3-8(10)12-6-4-5-11-7(2)9;/h2-6H2,1H3;/q-1;. The van der Waals surface area contributed by atoms with Gasteiger partial charge in [-0.05, 0) is 0 Å². The van der Waals surface area contributed by atoms with Gasteiger partial charge >= 0.3 is 5.97 Å². The van der Waals surface area contributed by atoms with Gasteiger partial charge in [-0.2, -0.15) is 0 Å². The van der Waals surface area contributed by atoms with E-state index in [-0.39, 0.29) is 45.3 Å². The minimum absolute atomic E-state index is 0. The first kappa shape index (κ1) is 15.4. The molecule has 1 radical (unpaired) electrons. The van der Waals surface area contributed by atoms with Crippen molar-refractivity contribution in [2.45, 2.75) is 19.8 Å². The van der Waals surface area contributed by atoms with E-state index in [2.05, 4.69) is 11.7 Å². The van der Waals surface area contributed by atoms with Gasteiger partial charge in [0.2, 0.25) is 0 Å². The van der Waals surface area contributed by atoms with E-state index in [1.807, 2.05) is 0 Å². The average Bonchev–Trinajstić information content (AvgIpc) is 2.03. The fourth-order valence-corrected chi connectivity index (χ4v) is 0.533. The summed E-state index contributed by atoms with van der Waals surface area (Å²) < 4.78 is 9.24. The summed E-state index contributed by atoms with van der Waals surface area (Å²) in [6, 6.07) is 0. The Kier molecular flexibility index (Phi) is 11.8. The maximum absolute atomic E-state index is 10.6. The zero-order chi connectivity index (χ0) is 9.40.